The van der Waals surface area contributed by atoms with Crippen LogP contribution in [-0.4, -0.2) is 43.6 Å². The van der Waals surface area contributed by atoms with Crippen molar-refractivity contribution in [1.82, 2.24) is 10.3 Å². The van der Waals surface area contributed by atoms with Crippen LogP contribution in [-0.2, 0) is 9.59 Å². The first-order chi connectivity index (χ1) is 15.0. The fourth-order valence-corrected chi connectivity index (χ4v) is 4.11. The van der Waals surface area contributed by atoms with Gasteiger partial charge < -0.3 is 15.0 Å². The molecule has 3 rings (SSSR count). The second kappa shape index (κ2) is 10.2. The van der Waals surface area contributed by atoms with E-state index in [2.05, 4.69) is 15.2 Å². The van der Waals surface area contributed by atoms with E-state index in [9.17, 15) is 23.2 Å². The summed E-state index contributed by atoms with van der Waals surface area (Å²) in [6.45, 7) is 1.38. The summed E-state index contributed by atoms with van der Waals surface area (Å²) in [6.07, 6.45) is 4.48. The van der Waals surface area contributed by atoms with Crippen molar-refractivity contribution in [1.29, 1.82) is 0 Å². The van der Waals surface area contributed by atoms with Crippen molar-refractivity contribution >= 4 is 24.2 Å². The monoisotopic (exact) mass is 429 g/mol. The summed E-state index contributed by atoms with van der Waals surface area (Å²) in [6, 6.07) is 6.13. The van der Waals surface area contributed by atoms with Gasteiger partial charge in [-0.25, -0.2) is 8.78 Å². The molecule has 0 radical (unpaired) electrons. The highest BCUT2D eigenvalue weighted by molar-refractivity contribution is 5.83. The number of benzene rings is 1. The van der Waals surface area contributed by atoms with Crippen molar-refractivity contribution in [2.75, 3.05) is 25.0 Å². The number of carbonyl (C=O) groups excluding carboxylic acids is 3. The average Bonchev–Trinajstić information content (AvgIpc) is 2.80. The third-order valence-corrected chi connectivity index (χ3v) is 5.81. The average molecular weight is 429 g/mol. The minimum Gasteiger partial charge on any atom is -0.370 e. The van der Waals surface area contributed by atoms with E-state index >= 15 is 0 Å². The van der Waals surface area contributed by atoms with Crippen LogP contribution in [0.1, 0.15) is 59.1 Å². The maximum absolute atomic E-state index is 14.9. The van der Waals surface area contributed by atoms with Crippen molar-refractivity contribution < 1.29 is 23.2 Å². The van der Waals surface area contributed by atoms with Gasteiger partial charge in [0, 0.05) is 32.1 Å². The molecule has 1 atom stereocenters. The van der Waals surface area contributed by atoms with Gasteiger partial charge in [0.15, 0.2) is 6.29 Å². The number of pyridine rings is 1. The third kappa shape index (κ3) is 5.13. The van der Waals surface area contributed by atoms with Crippen LogP contribution in [0.25, 0.3) is 0 Å². The maximum Gasteiger partial charge on any atom is 0.227 e. The van der Waals surface area contributed by atoms with Crippen LogP contribution in [0.2, 0.25) is 0 Å². The molecule has 8 heteroatoms. The number of hydrogen-bond acceptors (Lipinski definition) is 5. The Labute approximate surface area is 179 Å². The lowest BCUT2D eigenvalue weighted by molar-refractivity contribution is -0.122. The lowest BCUT2D eigenvalue weighted by atomic mass is 9.86. The summed E-state index contributed by atoms with van der Waals surface area (Å²) in [7, 11) is 1.40. The number of nitrogens with zero attached hydrogens (tertiary/aromatic N) is 2. The molecule has 1 aromatic carbocycles. The SMILES string of the molecule is CNC(=O)C(CCC=O)c1c(F)cc(C2CCN(c3ccc(C=O)nc3)CC2)cc1F. The molecule has 0 saturated carbocycles. The van der Waals surface area contributed by atoms with Gasteiger partial charge in [0.25, 0.3) is 0 Å². The zero-order chi connectivity index (χ0) is 22.4. The van der Waals surface area contributed by atoms with Gasteiger partial charge in [-0.1, -0.05) is 0 Å². The van der Waals surface area contributed by atoms with Crippen molar-refractivity contribution in [3.8, 4) is 0 Å². The molecule has 1 saturated heterocycles. The Hall–Kier alpha value is -3.16. The van der Waals surface area contributed by atoms with E-state index in [1.807, 2.05) is 6.07 Å². The molecule has 164 valence electrons. The molecule has 6 nitrogen and oxygen atoms in total. The third-order valence-electron chi connectivity index (χ3n) is 5.81. The Morgan fingerprint density at radius 1 is 1.23 bits per heavy atom. The van der Waals surface area contributed by atoms with Crippen molar-refractivity contribution in [3.05, 3.63) is 58.9 Å². The number of halogens is 2. The number of aromatic nitrogens is 1. The normalized spacial score (nSPS) is 15.4. The summed E-state index contributed by atoms with van der Waals surface area (Å²) in [4.78, 5) is 39.8. The molecule has 2 heterocycles. The van der Waals surface area contributed by atoms with Crippen molar-refractivity contribution in [2.24, 2.45) is 0 Å². The Morgan fingerprint density at radius 3 is 2.42 bits per heavy atom. The highest BCUT2D eigenvalue weighted by Crippen LogP contribution is 2.34. The predicted molar refractivity (Wildman–Crippen MR) is 112 cm³/mol. The molecule has 1 aliphatic rings. The minimum absolute atomic E-state index is 0.00932. The number of anilines is 1. The first-order valence-corrected chi connectivity index (χ1v) is 10.3. The van der Waals surface area contributed by atoms with E-state index in [-0.39, 0.29) is 24.3 Å². The Kier molecular flexibility index (Phi) is 7.44. The van der Waals surface area contributed by atoms with E-state index in [1.165, 1.54) is 19.2 Å². The summed E-state index contributed by atoms with van der Waals surface area (Å²) < 4.78 is 29.8. The molecular weight excluding hydrogens is 404 g/mol. The molecule has 1 unspecified atom stereocenters. The highest BCUT2D eigenvalue weighted by atomic mass is 19.1. The van der Waals surface area contributed by atoms with Gasteiger partial charge in [-0.2, -0.15) is 0 Å². The van der Waals surface area contributed by atoms with Crippen LogP contribution in [0.5, 0.6) is 0 Å². The van der Waals surface area contributed by atoms with Crippen LogP contribution >= 0.6 is 0 Å². The second-order valence-corrected chi connectivity index (χ2v) is 7.63. The second-order valence-electron chi connectivity index (χ2n) is 7.63. The van der Waals surface area contributed by atoms with E-state index in [0.717, 1.165) is 5.69 Å². The summed E-state index contributed by atoms with van der Waals surface area (Å²) in [5, 5.41) is 2.41. The molecule has 0 spiro atoms. The molecule has 1 N–H and O–H groups in total. The molecule has 2 aromatic rings. The van der Waals surface area contributed by atoms with Crippen LogP contribution < -0.4 is 10.2 Å². The van der Waals surface area contributed by atoms with Crippen molar-refractivity contribution in [3.63, 3.8) is 0 Å². The topological polar surface area (TPSA) is 79.4 Å². The first kappa shape index (κ1) is 22.5. The van der Waals surface area contributed by atoms with Gasteiger partial charge in [0.05, 0.1) is 17.8 Å². The molecule has 1 fully saturated rings. The maximum atomic E-state index is 14.9. The van der Waals surface area contributed by atoms with Gasteiger partial charge in [-0.05, 0) is 55.0 Å². The molecule has 0 aliphatic carbocycles. The lowest BCUT2D eigenvalue weighted by Crippen LogP contribution is -2.33. The number of rotatable bonds is 8. The van der Waals surface area contributed by atoms with Crippen LogP contribution in [0.3, 0.4) is 0 Å². The van der Waals surface area contributed by atoms with E-state index in [0.29, 0.717) is 49.8 Å². The Morgan fingerprint density at radius 2 is 1.90 bits per heavy atom. The van der Waals surface area contributed by atoms with Gasteiger partial charge in [-0.3, -0.25) is 14.6 Å². The van der Waals surface area contributed by atoms with Crippen LogP contribution in [0.4, 0.5) is 14.5 Å². The van der Waals surface area contributed by atoms with Crippen LogP contribution in [0, 0.1) is 11.6 Å². The number of piperidine rings is 1. The number of amides is 1. The molecule has 1 aliphatic heterocycles. The predicted octanol–water partition coefficient (Wildman–Crippen LogP) is 3.37. The summed E-state index contributed by atoms with van der Waals surface area (Å²) in [5.41, 5.74) is 1.55. The number of nitrogens with one attached hydrogen (secondary N) is 1. The summed E-state index contributed by atoms with van der Waals surface area (Å²) in [5.74, 6) is -3.09. The fraction of sp³-hybridized carbons (Fsp3) is 0.391. The van der Waals surface area contributed by atoms with Crippen LogP contribution in [0.15, 0.2) is 30.5 Å². The van der Waals surface area contributed by atoms with Gasteiger partial charge >= 0.3 is 0 Å². The largest absolute Gasteiger partial charge is 0.370 e. The van der Waals surface area contributed by atoms with Gasteiger partial charge in [0.1, 0.15) is 23.6 Å². The quantitative estimate of drug-likeness (QED) is 0.651. The number of likely N-dealkylation sites (N-methyl/N-ethyl adjacent to an activating group) is 1. The van der Waals surface area contributed by atoms with E-state index in [1.54, 1.807) is 12.3 Å². The van der Waals surface area contributed by atoms with Gasteiger partial charge in [0.2, 0.25) is 5.91 Å². The minimum atomic E-state index is -1.05. The molecule has 1 aromatic heterocycles. The Bertz CT molecular complexity index is 919. The molecular formula is C23H25F2N3O3. The number of hydrogen-bond donors (Lipinski definition) is 1. The first-order valence-electron chi connectivity index (χ1n) is 10.3. The zero-order valence-corrected chi connectivity index (χ0v) is 17.3. The molecule has 31 heavy (non-hydrogen) atoms. The molecule has 1 amide bonds. The van der Waals surface area contributed by atoms with E-state index < -0.39 is 23.5 Å². The standard InChI is InChI=1S/C23H25F2N3O3/c1-26-23(31)19(3-2-10-29)22-20(24)11-16(12-21(22)25)15-6-8-28(9-7-15)18-5-4-17(14-30)27-13-18/h4-5,10-15,19H,2-3,6-9H2,1H3,(H,26,31). The van der Waals surface area contributed by atoms with Crippen molar-refractivity contribution in [2.45, 2.75) is 37.5 Å². The fourth-order valence-electron chi connectivity index (χ4n) is 4.11. The van der Waals surface area contributed by atoms with E-state index in [4.69, 9.17) is 0 Å². The summed E-state index contributed by atoms with van der Waals surface area (Å²) >= 11 is 0. The Balaban J connectivity index is 1.74. The van der Waals surface area contributed by atoms with Gasteiger partial charge in [-0.15, -0.1) is 0 Å². The number of carbonyl (C=O) groups is 3. The lowest BCUT2D eigenvalue weighted by Gasteiger charge is -2.34. The zero-order valence-electron chi connectivity index (χ0n) is 17.3. The number of aldehydes is 2. The molecule has 0 bridgehead atoms. The smallest absolute Gasteiger partial charge is 0.227 e. The highest BCUT2D eigenvalue weighted by Gasteiger charge is 2.29.